The third-order valence-corrected chi connectivity index (χ3v) is 4.73. The number of piperazine rings is 1. The molecule has 1 fully saturated rings. The van der Waals surface area contributed by atoms with Crippen molar-refractivity contribution < 1.29 is 9.21 Å². The van der Waals surface area contributed by atoms with Crippen molar-refractivity contribution in [2.45, 2.75) is 13.0 Å². The number of oxazole rings is 1. The van der Waals surface area contributed by atoms with Crippen LogP contribution in [0.25, 0.3) is 11.1 Å². The highest BCUT2D eigenvalue weighted by Gasteiger charge is 2.22. The number of aromatic nitrogens is 2. The summed E-state index contributed by atoms with van der Waals surface area (Å²) in [4.78, 5) is 32.9. The van der Waals surface area contributed by atoms with Gasteiger partial charge in [0.25, 0.3) is 0 Å². The molecule has 3 heterocycles. The molecule has 3 aromatic rings. The number of hydrogen-bond donors (Lipinski definition) is 0. The summed E-state index contributed by atoms with van der Waals surface area (Å²) < 4.78 is 6.73. The van der Waals surface area contributed by atoms with Crippen molar-refractivity contribution in [1.29, 1.82) is 0 Å². The van der Waals surface area contributed by atoms with E-state index in [0.717, 1.165) is 24.4 Å². The maximum absolute atomic E-state index is 12.5. The van der Waals surface area contributed by atoms with Gasteiger partial charge in [-0.25, -0.2) is 9.78 Å². The molecule has 0 radical (unpaired) electrons. The zero-order valence-corrected chi connectivity index (χ0v) is 14.4. The Morgan fingerprint density at radius 1 is 1.04 bits per heavy atom. The second-order valence-corrected chi connectivity index (χ2v) is 6.29. The average molecular weight is 352 g/mol. The summed E-state index contributed by atoms with van der Waals surface area (Å²) in [5.74, 6) is 0.581. The van der Waals surface area contributed by atoms with Crippen LogP contribution in [0.3, 0.4) is 0 Å². The fourth-order valence-corrected chi connectivity index (χ4v) is 3.32. The normalized spacial score (nSPS) is 14.8. The smallest absolute Gasteiger partial charge is 0.408 e. The van der Waals surface area contributed by atoms with Crippen LogP contribution in [0.5, 0.6) is 0 Å². The van der Waals surface area contributed by atoms with Crippen LogP contribution in [0.1, 0.15) is 6.42 Å². The topological polar surface area (TPSA) is 71.6 Å². The van der Waals surface area contributed by atoms with E-state index >= 15 is 0 Å². The van der Waals surface area contributed by atoms with Gasteiger partial charge >= 0.3 is 5.76 Å². The number of fused-ring (bicyclic) bond motifs is 1. The molecule has 7 heteroatoms. The maximum atomic E-state index is 12.5. The van der Waals surface area contributed by atoms with Crippen LogP contribution in [0.15, 0.2) is 57.9 Å². The number of hydrogen-bond acceptors (Lipinski definition) is 5. The quantitative estimate of drug-likeness (QED) is 0.715. The minimum Gasteiger partial charge on any atom is -0.408 e. The van der Waals surface area contributed by atoms with Gasteiger partial charge in [-0.05, 0) is 24.3 Å². The Labute approximate surface area is 150 Å². The second-order valence-electron chi connectivity index (χ2n) is 6.29. The van der Waals surface area contributed by atoms with E-state index in [9.17, 15) is 9.59 Å². The lowest BCUT2D eigenvalue weighted by Gasteiger charge is -2.35. The second kappa shape index (κ2) is 7.03. The van der Waals surface area contributed by atoms with Gasteiger partial charge in [-0.1, -0.05) is 18.2 Å². The largest absolute Gasteiger partial charge is 0.419 e. The van der Waals surface area contributed by atoms with Crippen LogP contribution in [0, 0.1) is 0 Å². The summed E-state index contributed by atoms with van der Waals surface area (Å²) in [5, 5.41) is 0. The molecule has 1 saturated heterocycles. The first-order valence-corrected chi connectivity index (χ1v) is 8.74. The third-order valence-electron chi connectivity index (χ3n) is 4.73. The lowest BCUT2D eigenvalue weighted by molar-refractivity contribution is -0.131. The van der Waals surface area contributed by atoms with E-state index in [-0.39, 0.29) is 12.3 Å². The van der Waals surface area contributed by atoms with Gasteiger partial charge in [-0.3, -0.25) is 9.36 Å². The van der Waals surface area contributed by atoms with Gasteiger partial charge in [0.1, 0.15) is 5.82 Å². The summed E-state index contributed by atoms with van der Waals surface area (Å²) >= 11 is 0. The Kier molecular flexibility index (Phi) is 4.43. The minimum atomic E-state index is -0.418. The molecule has 0 aliphatic carbocycles. The van der Waals surface area contributed by atoms with Gasteiger partial charge in [0, 0.05) is 45.3 Å². The van der Waals surface area contributed by atoms with Crippen LogP contribution in [0.4, 0.5) is 5.82 Å². The molecule has 0 unspecified atom stereocenters. The first-order valence-electron chi connectivity index (χ1n) is 8.74. The van der Waals surface area contributed by atoms with Gasteiger partial charge in [0.05, 0.1) is 5.52 Å². The van der Waals surface area contributed by atoms with Gasteiger partial charge < -0.3 is 14.2 Å². The molecule has 7 nitrogen and oxygen atoms in total. The number of benzene rings is 1. The molecule has 0 saturated carbocycles. The summed E-state index contributed by atoms with van der Waals surface area (Å²) in [6.45, 7) is 3.18. The van der Waals surface area contributed by atoms with Gasteiger partial charge in [0.2, 0.25) is 5.91 Å². The molecule has 1 amide bonds. The molecule has 0 N–H and O–H groups in total. The molecular formula is C19H20N4O3. The fourth-order valence-electron chi connectivity index (χ4n) is 3.32. The highest BCUT2D eigenvalue weighted by atomic mass is 16.4. The van der Waals surface area contributed by atoms with Crippen molar-refractivity contribution in [3.05, 3.63) is 59.2 Å². The van der Waals surface area contributed by atoms with E-state index in [1.807, 2.05) is 41.3 Å². The van der Waals surface area contributed by atoms with Crippen molar-refractivity contribution in [1.82, 2.24) is 14.5 Å². The van der Waals surface area contributed by atoms with E-state index in [0.29, 0.717) is 25.2 Å². The van der Waals surface area contributed by atoms with Crippen molar-refractivity contribution >= 4 is 22.8 Å². The maximum Gasteiger partial charge on any atom is 0.419 e. The SMILES string of the molecule is O=C(CCn1c(=O)oc2ccccc21)N1CCN(c2ccccn2)CC1. The number of pyridine rings is 1. The molecule has 1 aliphatic rings. The molecule has 2 aromatic heterocycles. The van der Waals surface area contributed by atoms with Crippen LogP contribution in [-0.4, -0.2) is 46.5 Å². The Hall–Kier alpha value is -3.09. The number of para-hydroxylation sites is 2. The van der Waals surface area contributed by atoms with Crippen molar-refractivity contribution in [3.8, 4) is 0 Å². The molecule has 4 rings (SSSR count). The zero-order chi connectivity index (χ0) is 17.9. The lowest BCUT2D eigenvalue weighted by Crippen LogP contribution is -2.49. The number of carbonyl (C=O) groups excluding carboxylic acids is 1. The van der Waals surface area contributed by atoms with Crippen LogP contribution in [0.2, 0.25) is 0 Å². The fraction of sp³-hybridized carbons (Fsp3) is 0.316. The van der Waals surface area contributed by atoms with E-state index in [2.05, 4.69) is 9.88 Å². The molecule has 0 spiro atoms. The first kappa shape index (κ1) is 16.4. The van der Waals surface area contributed by atoms with E-state index in [4.69, 9.17) is 4.42 Å². The summed E-state index contributed by atoms with van der Waals surface area (Å²) in [6.07, 6.45) is 2.06. The summed E-state index contributed by atoms with van der Waals surface area (Å²) in [6, 6.07) is 13.1. The summed E-state index contributed by atoms with van der Waals surface area (Å²) in [5.41, 5.74) is 1.28. The molecule has 0 bridgehead atoms. The van der Waals surface area contributed by atoms with E-state index in [1.165, 1.54) is 4.57 Å². The number of anilines is 1. The van der Waals surface area contributed by atoms with Gasteiger partial charge in [-0.2, -0.15) is 0 Å². The van der Waals surface area contributed by atoms with Crippen LogP contribution in [-0.2, 0) is 11.3 Å². The average Bonchev–Trinajstić information content (AvgIpc) is 3.02. The lowest BCUT2D eigenvalue weighted by atomic mass is 10.2. The molecular weight excluding hydrogens is 332 g/mol. The highest BCUT2D eigenvalue weighted by molar-refractivity contribution is 5.77. The molecule has 134 valence electrons. The number of carbonyl (C=O) groups is 1. The predicted molar refractivity (Wildman–Crippen MR) is 98.1 cm³/mol. The molecule has 0 atom stereocenters. The zero-order valence-electron chi connectivity index (χ0n) is 14.4. The predicted octanol–water partition coefficient (Wildman–Crippen LogP) is 1.73. The van der Waals surface area contributed by atoms with Crippen molar-refractivity contribution in [2.24, 2.45) is 0 Å². The monoisotopic (exact) mass is 352 g/mol. The standard InChI is InChI=1S/C19H20N4O3/c24-18(8-10-23-15-5-1-2-6-16(15)26-19(23)25)22-13-11-21(12-14-22)17-7-3-4-9-20-17/h1-7,9H,8,10-14H2. The third kappa shape index (κ3) is 3.20. The van der Waals surface area contributed by atoms with Gasteiger partial charge in [-0.15, -0.1) is 0 Å². The first-order chi connectivity index (χ1) is 12.7. The number of amides is 1. The molecule has 1 aliphatic heterocycles. The van der Waals surface area contributed by atoms with E-state index < -0.39 is 5.76 Å². The summed E-state index contributed by atoms with van der Waals surface area (Å²) in [7, 11) is 0. The Balaban J connectivity index is 1.36. The minimum absolute atomic E-state index is 0.0582. The van der Waals surface area contributed by atoms with Gasteiger partial charge in [0.15, 0.2) is 5.58 Å². The highest BCUT2D eigenvalue weighted by Crippen LogP contribution is 2.15. The van der Waals surface area contributed by atoms with E-state index in [1.54, 1.807) is 12.3 Å². The Morgan fingerprint density at radius 3 is 2.58 bits per heavy atom. The van der Waals surface area contributed by atoms with Crippen LogP contribution < -0.4 is 10.7 Å². The van der Waals surface area contributed by atoms with Crippen molar-refractivity contribution in [2.75, 3.05) is 31.1 Å². The number of nitrogens with zero attached hydrogens (tertiary/aromatic N) is 4. The molecule has 1 aromatic carbocycles. The number of aryl methyl sites for hydroxylation is 1. The Bertz CT molecular complexity index is 956. The van der Waals surface area contributed by atoms with Crippen molar-refractivity contribution in [3.63, 3.8) is 0 Å². The number of rotatable bonds is 4. The molecule has 26 heavy (non-hydrogen) atoms. The van der Waals surface area contributed by atoms with Crippen LogP contribution >= 0.6 is 0 Å². The Morgan fingerprint density at radius 2 is 1.81 bits per heavy atom.